The summed E-state index contributed by atoms with van der Waals surface area (Å²) in [6.07, 6.45) is -0.560. The van der Waals surface area contributed by atoms with Gasteiger partial charge >= 0.3 is 5.69 Å². The molecule has 1 heterocycles. The largest absolute Gasteiger partial charge is 0.396 e. The average molecular weight is 256 g/mol. The minimum atomic E-state index is -1.13. The van der Waals surface area contributed by atoms with Gasteiger partial charge in [0.1, 0.15) is 6.10 Å². The zero-order valence-corrected chi connectivity index (χ0v) is 9.91. The molecule has 18 heavy (non-hydrogen) atoms. The fourth-order valence-electron chi connectivity index (χ4n) is 2.39. The average Bonchev–Trinajstić information content (AvgIpc) is 2.61. The van der Waals surface area contributed by atoms with Gasteiger partial charge in [0.2, 0.25) is 0 Å². The Bertz CT molecular complexity index is 549. The monoisotopic (exact) mass is 256 g/mol. The lowest BCUT2D eigenvalue weighted by Crippen LogP contribution is -2.38. The summed E-state index contributed by atoms with van der Waals surface area (Å²) in [5, 5.41) is 28.7. The number of aliphatic hydroxyl groups is 3. The van der Waals surface area contributed by atoms with Crippen molar-refractivity contribution in [2.75, 3.05) is 6.61 Å². The zero-order valence-electron chi connectivity index (χ0n) is 9.91. The molecule has 4 N–H and O–H groups in total. The molecule has 7 nitrogen and oxygen atoms in total. The summed E-state index contributed by atoms with van der Waals surface area (Å²) in [4.78, 5) is 25.1. The number of aromatic nitrogens is 2. The number of aryl methyl sites for hydroxylation is 1. The van der Waals surface area contributed by atoms with E-state index in [1.165, 1.54) is 10.8 Å². The highest BCUT2D eigenvalue weighted by atomic mass is 16.3. The molecule has 7 heteroatoms. The molecule has 2 rings (SSSR count). The Morgan fingerprint density at radius 2 is 2.06 bits per heavy atom. The molecule has 4 atom stereocenters. The van der Waals surface area contributed by atoms with Crippen molar-refractivity contribution >= 4 is 0 Å². The Hall–Kier alpha value is -1.44. The molecular weight excluding hydrogens is 240 g/mol. The third kappa shape index (κ3) is 2.00. The van der Waals surface area contributed by atoms with Gasteiger partial charge in [0.15, 0.2) is 0 Å². The van der Waals surface area contributed by atoms with Crippen molar-refractivity contribution in [3.05, 3.63) is 32.6 Å². The summed E-state index contributed by atoms with van der Waals surface area (Å²) in [6.45, 7) is 1.29. The number of hydrogen-bond donors (Lipinski definition) is 4. The fourth-order valence-corrected chi connectivity index (χ4v) is 2.39. The van der Waals surface area contributed by atoms with Gasteiger partial charge in [-0.05, 0) is 13.3 Å². The molecule has 1 aromatic heterocycles. The second kappa shape index (κ2) is 4.68. The summed E-state index contributed by atoms with van der Waals surface area (Å²) in [5.41, 5.74) is -0.743. The van der Waals surface area contributed by atoms with Crippen LogP contribution in [0.15, 0.2) is 15.8 Å². The van der Waals surface area contributed by atoms with Gasteiger partial charge in [-0.2, -0.15) is 0 Å². The number of hydrogen-bond acceptors (Lipinski definition) is 5. The van der Waals surface area contributed by atoms with Crippen LogP contribution >= 0.6 is 0 Å². The van der Waals surface area contributed by atoms with Crippen molar-refractivity contribution in [1.82, 2.24) is 9.55 Å². The first kappa shape index (κ1) is 13.0. The number of aromatic amines is 1. The van der Waals surface area contributed by atoms with E-state index in [0.717, 1.165) is 0 Å². The second-order valence-electron chi connectivity index (χ2n) is 4.71. The quantitative estimate of drug-likeness (QED) is 0.494. The fraction of sp³-hybridized carbons (Fsp3) is 0.636. The van der Waals surface area contributed by atoms with Crippen LogP contribution in [-0.2, 0) is 0 Å². The van der Waals surface area contributed by atoms with Gasteiger partial charge in [-0.15, -0.1) is 0 Å². The van der Waals surface area contributed by atoms with Crippen LogP contribution in [0.25, 0.3) is 0 Å². The van der Waals surface area contributed by atoms with Crippen LogP contribution in [0.1, 0.15) is 18.0 Å². The maximum Gasteiger partial charge on any atom is 0.328 e. The van der Waals surface area contributed by atoms with E-state index in [4.69, 9.17) is 5.11 Å². The van der Waals surface area contributed by atoms with Crippen LogP contribution in [0.5, 0.6) is 0 Å². The van der Waals surface area contributed by atoms with Crippen LogP contribution in [0.4, 0.5) is 0 Å². The molecule has 0 aromatic carbocycles. The van der Waals surface area contributed by atoms with Crippen LogP contribution in [-0.4, -0.2) is 43.7 Å². The summed E-state index contributed by atoms with van der Waals surface area (Å²) in [5.74, 6) is -0.468. The highest BCUT2D eigenvalue weighted by Gasteiger charge is 2.42. The molecular formula is C11H16N2O5. The van der Waals surface area contributed by atoms with Gasteiger partial charge in [0.05, 0.1) is 12.1 Å². The van der Waals surface area contributed by atoms with Gasteiger partial charge in [0.25, 0.3) is 5.56 Å². The second-order valence-corrected chi connectivity index (χ2v) is 4.71. The molecule has 100 valence electrons. The van der Waals surface area contributed by atoms with Crippen molar-refractivity contribution in [2.24, 2.45) is 5.92 Å². The first-order chi connectivity index (χ1) is 8.45. The lowest BCUT2D eigenvalue weighted by Gasteiger charge is -2.18. The van der Waals surface area contributed by atoms with E-state index in [1.54, 1.807) is 6.92 Å². The van der Waals surface area contributed by atoms with Crippen molar-refractivity contribution in [3.8, 4) is 0 Å². The lowest BCUT2D eigenvalue weighted by molar-refractivity contribution is -0.00457. The molecule has 1 aliphatic rings. The maximum absolute atomic E-state index is 11.7. The normalized spacial score (nSPS) is 31.8. The van der Waals surface area contributed by atoms with E-state index < -0.39 is 35.4 Å². The van der Waals surface area contributed by atoms with E-state index >= 15 is 0 Å². The van der Waals surface area contributed by atoms with Crippen molar-refractivity contribution in [3.63, 3.8) is 0 Å². The van der Waals surface area contributed by atoms with Crippen LogP contribution in [0.3, 0.4) is 0 Å². The first-order valence-corrected chi connectivity index (χ1v) is 5.74. The predicted molar refractivity (Wildman–Crippen MR) is 62.3 cm³/mol. The number of nitrogens with one attached hydrogen (secondary N) is 1. The summed E-state index contributed by atoms with van der Waals surface area (Å²) >= 11 is 0. The summed E-state index contributed by atoms with van der Waals surface area (Å²) in [6, 6.07) is -0.639. The number of nitrogens with zero attached hydrogens (tertiary/aromatic N) is 1. The highest BCUT2D eigenvalue weighted by Crippen LogP contribution is 2.34. The molecule has 0 amide bonds. The summed E-state index contributed by atoms with van der Waals surface area (Å²) in [7, 11) is 0. The zero-order chi connectivity index (χ0) is 13.4. The predicted octanol–water partition coefficient (Wildman–Crippen LogP) is -1.88. The van der Waals surface area contributed by atoms with Gasteiger partial charge < -0.3 is 15.3 Å². The van der Waals surface area contributed by atoms with E-state index in [2.05, 4.69) is 4.98 Å². The highest BCUT2D eigenvalue weighted by molar-refractivity contribution is 5.04. The number of rotatable bonds is 2. The van der Waals surface area contributed by atoms with Gasteiger partial charge in [0, 0.05) is 24.3 Å². The summed E-state index contributed by atoms with van der Waals surface area (Å²) < 4.78 is 1.21. The molecule has 1 fully saturated rings. The van der Waals surface area contributed by atoms with E-state index in [0.29, 0.717) is 5.56 Å². The first-order valence-electron chi connectivity index (χ1n) is 5.74. The Balaban J connectivity index is 2.42. The number of aliphatic hydroxyl groups excluding tert-OH is 3. The van der Waals surface area contributed by atoms with Crippen LogP contribution in [0, 0.1) is 12.8 Å². The van der Waals surface area contributed by atoms with Crippen molar-refractivity contribution in [1.29, 1.82) is 0 Å². The molecule has 0 aliphatic heterocycles. The molecule has 1 aromatic rings. The minimum Gasteiger partial charge on any atom is -0.396 e. The Labute approximate surface area is 102 Å². The Morgan fingerprint density at radius 1 is 1.39 bits per heavy atom. The standard InChI is InChI=1S/C11H16N2O5/c1-5-3-13(11(18)12-10(5)17)7-2-6(4-14)8(15)9(7)16/h3,6-9,14-16H,2,4H2,1H3,(H,12,17,18)/t6-,7-,8+,9+/m1/s1. The van der Waals surface area contributed by atoms with Gasteiger partial charge in [-0.1, -0.05) is 0 Å². The minimum absolute atomic E-state index is 0.258. The van der Waals surface area contributed by atoms with Gasteiger partial charge in [-0.3, -0.25) is 14.3 Å². The van der Waals surface area contributed by atoms with E-state index in [9.17, 15) is 19.8 Å². The molecule has 0 saturated heterocycles. The van der Waals surface area contributed by atoms with Crippen LogP contribution in [0.2, 0.25) is 0 Å². The van der Waals surface area contributed by atoms with Gasteiger partial charge in [-0.25, -0.2) is 4.79 Å². The molecule has 0 unspecified atom stereocenters. The van der Waals surface area contributed by atoms with Crippen molar-refractivity contribution in [2.45, 2.75) is 31.6 Å². The van der Waals surface area contributed by atoms with E-state index in [-0.39, 0.29) is 13.0 Å². The maximum atomic E-state index is 11.7. The van der Waals surface area contributed by atoms with Crippen LogP contribution < -0.4 is 11.2 Å². The third-order valence-electron chi connectivity index (χ3n) is 3.51. The molecule has 1 saturated carbocycles. The Kier molecular flexibility index (Phi) is 3.38. The third-order valence-corrected chi connectivity index (χ3v) is 3.51. The smallest absolute Gasteiger partial charge is 0.328 e. The number of H-pyrrole nitrogens is 1. The topological polar surface area (TPSA) is 116 Å². The molecule has 0 bridgehead atoms. The Morgan fingerprint density at radius 3 is 2.61 bits per heavy atom. The van der Waals surface area contributed by atoms with E-state index in [1.807, 2.05) is 0 Å². The molecule has 1 aliphatic carbocycles. The molecule has 0 radical (unpaired) electrons. The lowest BCUT2D eigenvalue weighted by atomic mass is 10.1. The SMILES string of the molecule is Cc1cn([C@@H]2C[C@H](CO)[C@H](O)[C@H]2O)c(=O)[nH]c1=O. The van der Waals surface area contributed by atoms with Crippen molar-refractivity contribution < 1.29 is 15.3 Å². The molecule has 0 spiro atoms.